The Morgan fingerprint density at radius 2 is 2.09 bits per heavy atom. The van der Waals surface area contributed by atoms with Crippen LogP contribution in [0.25, 0.3) is 10.1 Å². The molecule has 0 bridgehead atoms. The summed E-state index contributed by atoms with van der Waals surface area (Å²) in [7, 11) is 0. The van der Waals surface area contributed by atoms with Gasteiger partial charge in [0, 0.05) is 16.8 Å². The second-order valence-corrected chi connectivity index (χ2v) is 9.94. The second-order valence-electron chi connectivity index (χ2n) is 8.99. The minimum absolute atomic E-state index is 0.0813. The van der Waals surface area contributed by atoms with E-state index in [4.69, 9.17) is 5.41 Å². The largest absolute Gasteiger partial charge is 0.352 e. The highest BCUT2D eigenvalue weighted by Crippen LogP contribution is 2.33. The number of hydrogen-bond acceptors (Lipinski definition) is 4. The van der Waals surface area contributed by atoms with Crippen LogP contribution >= 0.6 is 11.3 Å². The number of rotatable bonds is 6. The van der Waals surface area contributed by atoms with E-state index in [0.29, 0.717) is 11.5 Å². The average Bonchev–Trinajstić information content (AvgIpc) is 3.49. The van der Waals surface area contributed by atoms with E-state index in [2.05, 4.69) is 34.2 Å². The second kappa shape index (κ2) is 8.06. The van der Waals surface area contributed by atoms with Crippen LogP contribution in [0.15, 0.2) is 53.9 Å². The van der Waals surface area contributed by atoms with Crippen molar-refractivity contribution in [2.75, 3.05) is 6.54 Å². The Hall–Kier alpha value is -3.19. The summed E-state index contributed by atoms with van der Waals surface area (Å²) in [5.74, 6) is 0.505. The van der Waals surface area contributed by atoms with Crippen molar-refractivity contribution in [1.82, 2.24) is 15.5 Å². The minimum atomic E-state index is -0.634. The van der Waals surface area contributed by atoms with E-state index in [1.165, 1.54) is 22.4 Å². The highest BCUT2D eigenvalue weighted by atomic mass is 32.1. The Morgan fingerprint density at radius 3 is 2.88 bits per heavy atom. The van der Waals surface area contributed by atoms with Gasteiger partial charge in [-0.15, -0.1) is 11.3 Å². The maximum atomic E-state index is 13.1. The zero-order chi connectivity index (χ0) is 22.3. The summed E-state index contributed by atoms with van der Waals surface area (Å²) >= 11 is 1.69. The fourth-order valence-electron chi connectivity index (χ4n) is 4.20. The average molecular weight is 447 g/mol. The third-order valence-corrected chi connectivity index (χ3v) is 7.24. The molecule has 2 aromatic carbocycles. The maximum Gasteiger partial charge on any atom is 0.251 e. The van der Waals surface area contributed by atoms with Crippen LogP contribution in [0.3, 0.4) is 0 Å². The summed E-state index contributed by atoms with van der Waals surface area (Å²) in [6, 6.07) is 15.6. The molecule has 0 unspecified atom stereocenters. The van der Waals surface area contributed by atoms with Crippen molar-refractivity contribution in [2.45, 2.75) is 38.3 Å². The summed E-state index contributed by atoms with van der Waals surface area (Å²) in [5, 5.41) is 18.0. The number of fused-ring (bicyclic) bond motifs is 1. The fourth-order valence-corrected chi connectivity index (χ4v) is 4.97. The molecule has 6 nitrogen and oxygen atoms in total. The van der Waals surface area contributed by atoms with E-state index in [1.54, 1.807) is 23.5 Å². The molecule has 0 spiro atoms. The summed E-state index contributed by atoms with van der Waals surface area (Å²) in [6.45, 7) is 2.95. The molecule has 7 heteroatoms. The summed E-state index contributed by atoms with van der Waals surface area (Å²) in [5.41, 5.74) is 1.77. The molecule has 1 saturated carbocycles. The lowest BCUT2D eigenvalue weighted by molar-refractivity contribution is -0.131. The van der Waals surface area contributed by atoms with Gasteiger partial charge < -0.3 is 10.6 Å². The molecule has 1 aromatic heterocycles. The first-order chi connectivity index (χ1) is 15.4. The van der Waals surface area contributed by atoms with Crippen LogP contribution in [0, 0.1) is 11.3 Å². The van der Waals surface area contributed by atoms with Gasteiger partial charge in [0.2, 0.25) is 5.91 Å². The molecule has 2 fully saturated rings. The topological polar surface area (TPSA) is 85.3 Å². The molecule has 3 N–H and O–H groups in total. The van der Waals surface area contributed by atoms with E-state index in [9.17, 15) is 9.59 Å². The Balaban J connectivity index is 1.29. The van der Waals surface area contributed by atoms with Crippen LogP contribution in [-0.2, 0) is 16.9 Å². The molecule has 2 amide bonds. The normalized spacial score (nSPS) is 21.0. The predicted molar refractivity (Wildman–Crippen MR) is 127 cm³/mol. The lowest BCUT2D eigenvalue weighted by atomic mass is 9.86. The number of carbonyl (C=O) groups is 2. The number of guanidine groups is 1. The van der Waals surface area contributed by atoms with Crippen molar-refractivity contribution in [1.29, 1.82) is 5.41 Å². The SMILES string of the molecule is C[C@@]1(c2ccc3sccc3c2)CC(=O)N(Cc2cccc(C(=O)NCC3CC3)c2)C(=N)N1. The van der Waals surface area contributed by atoms with Crippen LogP contribution < -0.4 is 10.6 Å². The number of amides is 2. The van der Waals surface area contributed by atoms with Gasteiger partial charge in [0.05, 0.1) is 18.5 Å². The highest BCUT2D eigenvalue weighted by Gasteiger charge is 2.39. The summed E-state index contributed by atoms with van der Waals surface area (Å²) in [6.07, 6.45) is 2.63. The third-order valence-electron chi connectivity index (χ3n) is 6.34. The zero-order valence-corrected chi connectivity index (χ0v) is 18.8. The summed E-state index contributed by atoms with van der Waals surface area (Å²) in [4.78, 5) is 27.0. The first-order valence-electron chi connectivity index (χ1n) is 10.9. The first kappa shape index (κ1) is 20.7. The maximum absolute atomic E-state index is 13.1. The molecule has 2 heterocycles. The minimum Gasteiger partial charge on any atom is -0.352 e. The van der Waals surface area contributed by atoms with Gasteiger partial charge in [0.25, 0.3) is 5.91 Å². The van der Waals surface area contributed by atoms with Crippen LogP contribution in [0.1, 0.15) is 47.7 Å². The van der Waals surface area contributed by atoms with E-state index < -0.39 is 5.54 Å². The highest BCUT2D eigenvalue weighted by molar-refractivity contribution is 7.17. The van der Waals surface area contributed by atoms with Crippen LogP contribution in [0.2, 0.25) is 0 Å². The molecule has 5 rings (SSSR count). The van der Waals surface area contributed by atoms with E-state index in [-0.39, 0.29) is 30.7 Å². The smallest absolute Gasteiger partial charge is 0.251 e. The van der Waals surface area contributed by atoms with Gasteiger partial charge >= 0.3 is 0 Å². The van der Waals surface area contributed by atoms with Crippen molar-refractivity contribution in [2.24, 2.45) is 5.92 Å². The third kappa shape index (κ3) is 4.12. The van der Waals surface area contributed by atoms with Crippen LogP contribution in [-0.4, -0.2) is 29.2 Å². The van der Waals surface area contributed by atoms with Gasteiger partial charge in [0.15, 0.2) is 5.96 Å². The lowest BCUT2D eigenvalue weighted by Gasteiger charge is -2.41. The molecule has 1 aliphatic heterocycles. The van der Waals surface area contributed by atoms with Gasteiger partial charge in [-0.25, -0.2) is 0 Å². The van der Waals surface area contributed by atoms with Gasteiger partial charge in [-0.3, -0.25) is 19.9 Å². The van der Waals surface area contributed by atoms with Crippen molar-refractivity contribution in [3.8, 4) is 0 Å². The molecule has 2 aliphatic rings. The van der Waals surface area contributed by atoms with Crippen molar-refractivity contribution >= 4 is 39.2 Å². The predicted octanol–water partition coefficient (Wildman–Crippen LogP) is 4.21. The van der Waals surface area contributed by atoms with Gasteiger partial charge in [0.1, 0.15) is 0 Å². The van der Waals surface area contributed by atoms with Crippen LogP contribution in [0.5, 0.6) is 0 Å². The first-order valence-corrected chi connectivity index (χ1v) is 11.8. The number of nitrogens with one attached hydrogen (secondary N) is 3. The quantitative estimate of drug-likeness (QED) is 0.530. The van der Waals surface area contributed by atoms with Crippen LogP contribution in [0.4, 0.5) is 0 Å². The fraction of sp³-hybridized carbons (Fsp3) is 0.320. The van der Waals surface area contributed by atoms with Crippen molar-refractivity contribution in [3.05, 3.63) is 70.6 Å². The number of hydrogen-bond donors (Lipinski definition) is 3. The number of thiophene rings is 1. The number of carbonyl (C=O) groups excluding carboxylic acids is 2. The Labute approximate surface area is 191 Å². The Morgan fingerprint density at radius 1 is 1.25 bits per heavy atom. The zero-order valence-electron chi connectivity index (χ0n) is 18.0. The Bertz CT molecular complexity index is 1200. The molecule has 3 aromatic rings. The van der Waals surface area contributed by atoms with Crippen molar-refractivity contribution in [3.63, 3.8) is 0 Å². The standard InChI is InChI=1S/C25H26N4O2S/c1-25(20-7-8-21-18(12-20)9-10-32-21)13-22(30)29(24(26)28-25)15-17-3-2-4-19(11-17)23(31)27-14-16-5-6-16/h2-4,7-12,16H,5-6,13-15H2,1H3,(H2,26,28)(H,27,31)/t25-/m0/s1. The molecule has 0 radical (unpaired) electrons. The number of benzene rings is 2. The summed E-state index contributed by atoms with van der Waals surface area (Å²) < 4.78 is 1.21. The molecule has 164 valence electrons. The monoisotopic (exact) mass is 446 g/mol. The molecular weight excluding hydrogens is 420 g/mol. The molecule has 1 aliphatic carbocycles. The van der Waals surface area contributed by atoms with Gasteiger partial charge in [-0.05, 0) is 77.9 Å². The lowest BCUT2D eigenvalue weighted by Crippen LogP contribution is -2.59. The molecule has 32 heavy (non-hydrogen) atoms. The molecule has 1 atom stereocenters. The number of nitrogens with zero attached hydrogens (tertiary/aromatic N) is 1. The molecule has 1 saturated heterocycles. The van der Waals surface area contributed by atoms with E-state index in [0.717, 1.165) is 23.1 Å². The van der Waals surface area contributed by atoms with E-state index >= 15 is 0 Å². The van der Waals surface area contributed by atoms with E-state index in [1.807, 2.05) is 25.1 Å². The Kier molecular flexibility index (Phi) is 5.21. The van der Waals surface area contributed by atoms with Crippen molar-refractivity contribution < 1.29 is 9.59 Å². The van der Waals surface area contributed by atoms with Gasteiger partial charge in [-0.1, -0.05) is 18.2 Å². The molecular formula is C25H26N4O2S. The van der Waals surface area contributed by atoms with Gasteiger partial charge in [-0.2, -0.15) is 0 Å².